The Morgan fingerprint density at radius 1 is 0.927 bits per heavy atom. The van der Waals surface area contributed by atoms with E-state index in [1.54, 1.807) is 12.1 Å². The highest BCUT2D eigenvalue weighted by atomic mass is 19.1. The van der Waals surface area contributed by atoms with Gasteiger partial charge in [-0.05, 0) is 78.8 Å². The quantitative estimate of drug-likeness (QED) is 0.156. The predicted octanol–water partition coefficient (Wildman–Crippen LogP) is 5.35. The van der Waals surface area contributed by atoms with Crippen molar-refractivity contribution in [2.24, 2.45) is 5.92 Å². The molecule has 1 aliphatic carbocycles. The van der Waals surface area contributed by atoms with Crippen molar-refractivity contribution in [3.8, 4) is 5.69 Å². The van der Waals surface area contributed by atoms with Crippen molar-refractivity contribution in [2.75, 3.05) is 12.3 Å². The molecule has 0 amide bonds. The average molecular weight is 554 g/mol. The summed E-state index contributed by atoms with van der Waals surface area (Å²) in [5, 5.41) is 0. The molecule has 1 saturated carbocycles. The molecule has 1 atom stereocenters. The number of benzene rings is 3. The van der Waals surface area contributed by atoms with Crippen LogP contribution in [0.3, 0.4) is 0 Å². The largest absolute Gasteiger partial charge is 0.384 e. The molecule has 41 heavy (non-hydrogen) atoms. The summed E-state index contributed by atoms with van der Waals surface area (Å²) in [6, 6.07) is 24.8. The molecule has 0 aliphatic heterocycles. The lowest BCUT2D eigenvalue weighted by Crippen LogP contribution is -2.29. The lowest BCUT2D eigenvalue weighted by Gasteiger charge is -2.22. The maximum Gasteiger partial charge on any atom is 0.332 e. The van der Waals surface area contributed by atoms with Gasteiger partial charge in [-0.15, -0.1) is 0 Å². The van der Waals surface area contributed by atoms with E-state index in [1.807, 2.05) is 42.5 Å². The number of carbonyl (C=O) groups excluding carboxylic acids is 2. The van der Waals surface area contributed by atoms with Gasteiger partial charge in [0.2, 0.25) is 0 Å². The van der Waals surface area contributed by atoms with E-state index in [-0.39, 0.29) is 34.4 Å². The molecule has 3 N–H and O–H groups in total. The first-order valence-electron chi connectivity index (χ1n) is 13.8. The molecule has 0 unspecified atom stereocenters. The van der Waals surface area contributed by atoms with Crippen molar-refractivity contribution in [1.29, 1.82) is 0 Å². The second kappa shape index (κ2) is 12.7. The normalized spacial score (nSPS) is 14.1. The number of nitrogens with one attached hydrogen (secondary N) is 1. The Hall–Kier alpha value is -4.56. The Kier molecular flexibility index (Phi) is 8.70. The molecule has 0 radical (unpaired) electrons. The molecule has 7 nitrogen and oxygen atoms in total. The summed E-state index contributed by atoms with van der Waals surface area (Å²) in [5.74, 6) is -1.10. The smallest absolute Gasteiger partial charge is 0.332 e. The highest BCUT2D eigenvalue weighted by Gasteiger charge is 2.33. The van der Waals surface area contributed by atoms with Gasteiger partial charge < -0.3 is 10.6 Å². The fourth-order valence-electron chi connectivity index (χ4n) is 5.51. The van der Waals surface area contributed by atoms with E-state index in [2.05, 4.69) is 5.48 Å². The van der Waals surface area contributed by atoms with Crippen molar-refractivity contribution in [3.63, 3.8) is 0 Å². The summed E-state index contributed by atoms with van der Waals surface area (Å²) >= 11 is 0. The van der Waals surface area contributed by atoms with Gasteiger partial charge in [-0.25, -0.2) is 9.18 Å². The molecule has 5 rings (SSSR count). The summed E-state index contributed by atoms with van der Waals surface area (Å²) in [6.45, 7) is 0.418. The molecule has 8 heteroatoms. The van der Waals surface area contributed by atoms with E-state index >= 15 is 0 Å². The van der Waals surface area contributed by atoms with Crippen LogP contribution in [0.15, 0.2) is 95.8 Å². The topological polar surface area (TPSA) is 103 Å². The molecule has 0 saturated heterocycles. The number of nitrogen functional groups attached to an aromatic ring is 1. The van der Waals surface area contributed by atoms with E-state index in [0.717, 1.165) is 36.8 Å². The Labute approximate surface area is 237 Å². The lowest BCUT2D eigenvalue weighted by atomic mass is 9.85. The summed E-state index contributed by atoms with van der Waals surface area (Å²) in [6.07, 6.45) is 4.91. The number of nitrogens with zero attached hydrogens (tertiary/aromatic N) is 1. The van der Waals surface area contributed by atoms with Gasteiger partial charge in [-0.2, -0.15) is 5.48 Å². The molecule has 3 aromatic carbocycles. The summed E-state index contributed by atoms with van der Waals surface area (Å²) in [7, 11) is 0. The van der Waals surface area contributed by atoms with Crippen LogP contribution in [0.1, 0.15) is 58.6 Å². The summed E-state index contributed by atoms with van der Waals surface area (Å²) < 4.78 is 14.6. The van der Waals surface area contributed by atoms with Crippen LogP contribution in [0.4, 0.5) is 10.2 Å². The van der Waals surface area contributed by atoms with Crippen LogP contribution < -0.4 is 16.8 Å². The zero-order valence-corrected chi connectivity index (χ0v) is 22.6. The Morgan fingerprint density at radius 2 is 1.61 bits per heavy atom. The standard InChI is InChI=1S/C33H32FN3O4/c34-26-14-12-25(13-15-26)31(39)28-18-19-29(38)37(32(28)35)27-16-10-22(11-17-27)20-21-36-41-33(40)30(24-8-4-5-9-24)23-6-2-1-3-7-23/h1-3,6-7,10-19,24,30,36H,4-5,8-9,20-21,35H2/t30-/m1/s1. The second-order valence-corrected chi connectivity index (χ2v) is 10.3. The van der Waals surface area contributed by atoms with Crippen molar-refractivity contribution >= 4 is 17.6 Å². The van der Waals surface area contributed by atoms with Crippen molar-refractivity contribution < 1.29 is 18.8 Å². The first-order chi connectivity index (χ1) is 19.9. The second-order valence-electron chi connectivity index (χ2n) is 10.3. The molecule has 1 heterocycles. The third kappa shape index (κ3) is 6.44. The Balaban J connectivity index is 1.22. The van der Waals surface area contributed by atoms with Crippen LogP contribution in [0.5, 0.6) is 0 Å². The monoisotopic (exact) mass is 553 g/mol. The van der Waals surface area contributed by atoms with Gasteiger partial charge in [0, 0.05) is 18.2 Å². The van der Waals surface area contributed by atoms with Gasteiger partial charge in [0.25, 0.3) is 5.56 Å². The molecule has 210 valence electrons. The van der Waals surface area contributed by atoms with Gasteiger partial charge in [-0.1, -0.05) is 55.3 Å². The number of carbonyl (C=O) groups is 2. The van der Waals surface area contributed by atoms with Gasteiger partial charge in [0.05, 0.1) is 17.2 Å². The fraction of sp³-hybridized carbons (Fsp3) is 0.242. The van der Waals surface area contributed by atoms with E-state index in [4.69, 9.17) is 10.6 Å². The van der Waals surface area contributed by atoms with Crippen LogP contribution in [-0.4, -0.2) is 22.9 Å². The third-order valence-electron chi connectivity index (χ3n) is 7.65. The summed E-state index contributed by atoms with van der Waals surface area (Å²) in [5.41, 5.74) is 11.6. The van der Waals surface area contributed by atoms with E-state index in [1.165, 1.54) is 41.0 Å². The predicted molar refractivity (Wildman–Crippen MR) is 155 cm³/mol. The van der Waals surface area contributed by atoms with Crippen molar-refractivity contribution in [2.45, 2.75) is 38.0 Å². The van der Waals surface area contributed by atoms with E-state index in [9.17, 15) is 18.8 Å². The van der Waals surface area contributed by atoms with Crippen LogP contribution in [-0.2, 0) is 16.1 Å². The Bertz CT molecular complexity index is 1560. The van der Waals surface area contributed by atoms with Gasteiger partial charge in [0.15, 0.2) is 5.78 Å². The van der Waals surface area contributed by atoms with Crippen LogP contribution in [0, 0.1) is 11.7 Å². The maximum atomic E-state index is 13.3. The van der Waals surface area contributed by atoms with Gasteiger partial charge in [0.1, 0.15) is 11.6 Å². The molecule has 1 aliphatic rings. The molecule has 4 aromatic rings. The molecule has 0 spiro atoms. The minimum absolute atomic E-state index is 0.00314. The molecule has 1 aromatic heterocycles. The number of halogens is 1. The zero-order chi connectivity index (χ0) is 28.8. The molecule has 1 fully saturated rings. The average Bonchev–Trinajstić information content (AvgIpc) is 3.51. The van der Waals surface area contributed by atoms with E-state index in [0.29, 0.717) is 24.6 Å². The number of pyridine rings is 1. The number of ketones is 1. The molecular weight excluding hydrogens is 521 g/mol. The fourth-order valence-corrected chi connectivity index (χ4v) is 5.51. The highest BCUT2D eigenvalue weighted by molar-refractivity contribution is 6.11. The molecule has 0 bridgehead atoms. The van der Waals surface area contributed by atoms with E-state index < -0.39 is 11.6 Å². The highest BCUT2D eigenvalue weighted by Crippen LogP contribution is 2.38. The number of nitrogens with two attached hydrogens (primary N) is 1. The molecular formula is C33H32FN3O4. The van der Waals surface area contributed by atoms with Crippen molar-refractivity contribution in [3.05, 3.63) is 129 Å². The number of hydroxylamine groups is 1. The number of hydrogen-bond acceptors (Lipinski definition) is 6. The maximum absolute atomic E-state index is 13.3. The van der Waals surface area contributed by atoms with Crippen LogP contribution >= 0.6 is 0 Å². The summed E-state index contributed by atoms with van der Waals surface area (Å²) in [4.78, 5) is 44.1. The van der Waals surface area contributed by atoms with Gasteiger partial charge >= 0.3 is 5.97 Å². The van der Waals surface area contributed by atoms with Crippen molar-refractivity contribution in [1.82, 2.24) is 10.0 Å². The van der Waals surface area contributed by atoms with Gasteiger partial charge in [-0.3, -0.25) is 14.2 Å². The first kappa shape index (κ1) is 28.0. The SMILES string of the molecule is Nc1c(C(=O)c2ccc(F)cc2)ccc(=O)n1-c1ccc(CCNOC(=O)[C@H](c2ccccc2)C2CCCC2)cc1. The first-order valence-corrected chi connectivity index (χ1v) is 13.8. The number of hydrogen-bond donors (Lipinski definition) is 2. The lowest BCUT2D eigenvalue weighted by molar-refractivity contribution is -0.154. The number of aromatic nitrogens is 1. The minimum Gasteiger partial charge on any atom is -0.384 e. The minimum atomic E-state index is -0.451. The zero-order valence-electron chi connectivity index (χ0n) is 22.6. The third-order valence-corrected chi connectivity index (χ3v) is 7.65. The number of anilines is 1. The number of rotatable bonds is 10. The van der Waals surface area contributed by atoms with Crippen LogP contribution in [0.25, 0.3) is 5.69 Å². The van der Waals surface area contributed by atoms with Crippen LogP contribution in [0.2, 0.25) is 0 Å². The Morgan fingerprint density at radius 3 is 2.29 bits per heavy atom.